The van der Waals surface area contributed by atoms with Crippen molar-refractivity contribution in [2.45, 2.75) is 32.1 Å². The van der Waals surface area contributed by atoms with Gasteiger partial charge in [-0.3, -0.25) is 4.79 Å². The van der Waals surface area contributed by atoms with E-state index in [-0.39, 0.29) is 5.91 Å². The van der Waals surface area contributed by atoms with E-state index in [1.54, 1.807) is 0 Å². The molecule has 0 fully saturated rings. The molecule has 0 saturated heterocycles. The average molecular weight is 261 g/mol. The lowest BCUT2D eigenvalue weighted by Gasteiger charge is -2.15. The van der Waals surface area contributed by atoms with E-state index in [2.05, 4.69) is 23.8 Å². The Balaban J connectivity index is 3.17. The number of hydrogen-bond donors (Lipinski definition) is 1. The number of halogens is 1. The normalized spacial score (nSPS) is 10.5. The zero-order valence-electron chi connectivity index (χ0n) is 10.9. The fraction of sp³-hybridized carbons (Fsp3) is 0.769. The lowest BCUT2D eigenvalue weighted by Crippen LogP contribution is -2.22. The number of unbranched alkanes of at least 4 members (excludes halogenated alkanes) is 3. The maximum atomic E-state index is 10.8. The summed E-state index contributed by atoms with van der Waals surface area (Å²) in [5, 5.41) is 2.78. The number of hydrogen-bond acceptors (Lipinski definition) is 2. The third-order valence-corrected chi connectivity index (χ3v) is 2.89. The summed E-state index contributed by atoms with van der Waals surface area (Å²) in [5.41, 5.74) is 0. The van der Waals surface area contributed by atoms with Gasteiger partial charge in [-0.15, -0.1) is 11.6 Å². The first-order valence-electron chi connectivity index (χ1n) is 6.35. The van der Waals surface area contributed by atoms with E-state index in [9.17, 15) is 4.79 Å². The van der Waals surface area contributed by atoms with Crippen LogP contribution < -0.4 is 5.32 Å². The second-order valence-corrected chi connectivity index (χ2v) is 4.63. The quantitative estimate of drug-likeness (QED) is 0.352. The maximum absolute atomic E-state index is 10.8. The third kappa shape index (κ3) is 11.7. The summed E-state index contributed by atoms with van der Waals surface area (Å²) < 4.78 is 0. The highest BCUT2D eigenvalue weighted by Crippen LogP contribution is 2.01. The monoisotopic (exact) mass is 260 g/mol. The van der Waals surface area contributed by atoms with Gasteiger partial charge in [-0.1, -0.05) is 19.4 Å². The van der Waals surface area contributed by atoms with Crippen LogP contribution in [0.1, 0.15) is 32.1 Å². The molecule has 0 aliphatic heterocycles. The molecule has 0 rings (SSSR count). The fourth-order valence-electron chi connectivity index (χ4n) is 1.59. The van der Waals surface area contributed by atoms with Crippen LogP contribution in [0.3, 0.4) is 0 Å². The summed E-state index contributed by atoms with van der Waals surface area (Å²) >= 11 is 5.63. The zero-order chi connectivity index (χ0) is 12.9. The predicted octanol–water partition coefficient (Wildman–Crippen LogP) is 2.41. The SMILES string of the molecule is C=CC(=O)NCCCCCCN(C)CCCCl. The molecule has 17 heavy (non-hydrogen) atoms. The van der Waals surface area contributed by atoms with Gasteiger partial charge in [0.1, 0.15) is 0 Å². The molecule has 0 aromatic rings. The molecule has 0 radical (unpaired) electrons. The second-order valence-electron chi connectivity index (χ2n) is 4.26. The molecule has 0 atom stereocenters. The topological polar surface area (TPSA) is 32.3 Å². The summed E-state index contributed by atoms with van der Waals surface area (Å²) in [5.74, 6) is 0.665. The first-order valence-corrected chi connectivity index (χ1v) is 6.89. The van der Waals surface area contributed by atoms with Gasteiger partial charge in [-0.25, -0.2) is 0 Å². The Morgan fingerprint density at radius 1 is 1.24 bits per heavy atom. The Morgan fingerprint density at radius 3 is 2.53 bits per heavy atom. The zero-order valence-corrected chi connectivity index (χ0v) is 11.6. The van der Waals surface area contributed by atoms with Gasteiger partial charge in [-0.05, 0) is 45.5 Å². The van der Waals surface area contributed by atoms with Crippen molar-refractivity contribution in [2.24, 2.45) is 0 Å². The Hall–Kier alpha value is -0.540. The van der Waals surface area contributed by atoms with Crippen LogP contribution in [0.15, 0.2) is 12.7 Å². The van der Waals surface area contributed by atoms with Gasteiger partial charge in [0, 0.05) is 12.4 Å². The lowest BCUT2D eigenvalue weighted by atomic mass is 10.2. The summed E-state index contributed by atoms with van der Waals surface area (Å²) in [6.45, 7) is 6.38. The van der Waals surface area contributed by atoms with Crippen LogP contribution in [-0.2, 0) is 4.79 Å². The Kier molecular flexibility index (Phi) is 11.6. The van der Waals surface area contributed by atoms with Crippen molar-refractivity contribution in [3.8, 4) is 0 Å². The van der Waals surface area contributed by atoms with E-state index in [4.69, 9.17) is 11.6 Å². The molecular weight excluding hydrogens is 236 g/mol. The van der Waals surface area contributed by atoms with Crippen LogP contribution >= 0.6 is 11.6 Å². The number of alkyl halides is 1. The van der Waals surface area contributed by atoms with E-state index in [0.29, 0.717) is 0 Å². The number of nitrogens with one attached hydrogen (secondary N) is 1. The highest BCUT2D eigenvalue weighted by atomic mass is 35.5. The molecule has 0 aromatic heterocycles. The van der Waals surface area contributed by atoms with Crippen LogP contribution in [0.4, 0.5) is 0 Å². The highest BCUT2D eigenvalue weighted by molar-refractivity contribution is 6.17. The van der Waals surface area contributed by atoms with E-state index < -0.39 is 0 Å². The number of rotatable bonds is 11. The van der Waals surface area contributed by atoms with Crippen LogP contribution in [-0.4, -0.2) is 43.4 Å². The Bertz CT molecular complexity index is 210. The van der Waals surface area contributed by atoms with Crippen molar-refractivity contribution in [1.82, 2.24) is 10.2 Å². The van der Waals surface area contributed by atoms with Crippen molar-refractivity contribution >= 4 is 17.5 Å². The summed E-state index contributed by atoms with van der Waals surface area (Å²) in [7, 11) is 2.14. The average Bonchev–Trinajstić information content (AvgIpc) is 2.34. The molecule has 0 aliphatic carbocycles. The molecule has 100 valence electrons. The molecule has 1 N–H and O–H groups in total. The van der Waals surface area contributed by atoms with Gasteiger partial charge in [0.05, 0.1) is 0 Å². The minimum absolute atomic E-state index is 0.0780. The number of amides is 1. The van der Waals surface area contributed by atoms with E-state index in [0.717, 1.165) is 38.4 Å². The Labute approximate surface area is 110 Å². The molecule has 0 unspecified atom stereocenters. The summed E-state index contributed by atoms with van der Waals surface area (Å²) in [4.78, 5) is 13.2. The molecule has 0 spiro atoms. The number of nitrogens with zero attached hydrogens (tertiary/aromatic N) is 1. The third-order valence-electron chi connectivity index (χ3n) is 2.62. The maximum Gasteiger partial charge on any atom is 0.243 e. The van der Waals surface area contributed by atoms with Gasteiger partial charge in [0.2, 0.25) is 5.91 Å². The van der Waals surface area contributed by atoms with E-state index in [1.807, 2.05) is 0 Å². The molecule has 0 saturated carbocycles. The molecule has 3 nitrogen and oxygen atoms in total. The largest absolute Gasteiger partial charge is 0.353 e. The molecule has 1 amide bonds. The number of carbonyl (C=O) groups excluding carboxylic acids is 1. The standard InChI is InChI=1S/C13H25ClN2O/c1-3-13(17)15-10-6-4-5-7-11-16(2)12-8-9-14/h3H,1,4-12H2,2H3,(H,15,17). The van der Waals surface area contributed by atoms with Crippen LogP contribution in [0, 0.1) is 0 Å². The van der Waals surface area contributed by atoms with Gasteiger partial charge < -0.3 is 10.2 Å². The van der Waals surface area contributed by atoms with Gasteiger partial charge >= 0.3 is 0 Å². The summed E-state index contributed by atoms with van der Waals surface area (Å²) in [6, 6.07) is 0. The summed E-state index contributed by atoms with van der Waals surface area (Å²) in [6.07, 6.45) is 7.02. The molecule has 0 aliphatic rings. The Morgan fingerprint density at radius 2 is 1.88 bits per heavy atom. The molecule has 0 bridgehead atoms. The highest BCUT2D eigenvalue weighted by Gasteiger charge is 1.98. The van der Waals surface area contributed by atoms with Gasteiger partial charge in [-0.2, -0.15) is 0 Å². The lowest BCUT2D eigenvalue weighted by molar-refractivity contribution is -0.116. The molecule has 0 aromatic carbocycles. The minimum atomic E-state index is -0.0780. The van der Waals surface area contributed by atoms with Gasteiger partial charge in [0.25, 0.3) is 0 Å². The van der Waals surface area contributed by atoms with E-state index in [1.165, 1.54) is 25.3 Å². The molecule has 4 heteroatoms. The first kappa shape index (κ1) is 16.5. The van der Waals surface area contributed by atoms with Crippen molar-refractivity contribution in [3.05, 3.63) is 12.7 Å². The van der Waals surface area contributed by atoms with Crippen LogP contribution in [0.25, 0.3) is 0 Å². The van der Waals surface area contributed by atoms with Gasteiger partial charge in [0.15, 0.2) is 0 Å². The number of carbonyl (C=O) groups is 1. The van der Waals surface area contributed by atoms with E-state index >= 15 is 0 Å². The molecule has 0 heterocycles. The minimum Gasteiger partial charge on any atom is -0.353 e. The van der Waals surface area contributed by atoms with Crippen molar-refractivity contribution in [3.63, 3.8) is 0 Å². The van der Waals surface area contributed by atoms with Crippen molar-refractivity contribution < 1.29 is 4.79 Å². The first-order chi connectivity index (χ1) is 8.20. The van der Waals surface area contributed by atoms with Crippen molar-refractivity contribution in [2.75, 3.05) is 32.6 Å². The second kappa shape index (κ2) is 11.9. The van der Waals surface area contributed by atoms with Crippen LogP contribution in [0.5, 0.6) is 0 Å². The molecular formula is C13H25ClN2O. The smallest absolute Gasteiger partial charge is 0.243 e. The van der Waals surface area contributed by atoms with Crippen LogP contribution in [0.2, 0.25) is 0 Å². The fourth-order valence-corrected chi connectivity index (χ4v) is 1.71. The predicted molar refractivity (Wildman–Crippen MR) is 74.5 cm³/mol. The van der Waals surface area contributed by atoms with Crippen molar-refractivity contribution in [1.29, 1.82) is 0 Å².